The second-order valence-electron chi connectivity index (χ2n) is 5.53. The molecule has 2 amide bonds. The second-order valence-corrected chi connectivity index (χ2v) is 6.52. The molecular formula is C17H21N3O4S. The number of thioether (sulfide) groups is 1. The number of fused-ring (bicyclic) bond motifs is 1. The summed E-state index contributed by atoms with van der Waals surface area (Å²) >= 11 is 1.53. The number of hydrogen-bond donors (Lipinski definition) is 3. The number of carbonyl (C=O) groups is 3. The summed E-state index contributed by atoms with van der Waals surface area (Å²) in [4.78, 5) is 38.9. The Bertz CT molecular complexity index is 774. The van der Waals surface area contributed by atoms with Gasteiger partial charge < -0.3 is 20.8 Å². The first-order valence-electron chi connectivity index (χ1n) is 7.79. The first kappa shape index (κ1) is 18.9. The lowest BCUT2D eigenvalue weighted by atomic mass is 10.1. The number of primary amides is 1. The molecule has 0 aliphatic rings. The molecule has 8 heteroatoms. The number of H-pyrrole nitrogens is 1. The Morgan fingerprint density at radius 2 is 2.04 bits per heavy atom. The topological polar surface area (TPSA) is 114 Å². The SMILES string of the molecule is CSCC[C@@H](NC(N)=O)C(=O)O[C@H](C)C(=O)c1c[nH]c2ccccc12. The van der Waals surface area contributed by atoms with Crippen molar-refractivity contribution in [2.45, 2.75) is 25.5 Å². The van der Waals surface area contributed by atoms with Crippen molar-refractivity contribution in [3.05, 3.63) is 36.0 Å². The van der Waals surface area contributed by atoms with E-state index in [2.05, 4.69) is 10.3 Å². The van der Waals surface area contributed by atoms with Crippen molar-refractivity contribution in [3.8, 4) is 0 Å². The van der Waals surface area contributed by atoms with E-state index in [9.17, 15) is 14.4 Å². The number of urea groups is 1. The lowest BCUT2D eigenvalue weighted by Crippen LogP contribution is -2.46. The summed E-state index contributed by atoms with van der Waals surface area (Å²) in [5.74, 6) is -0.341. The van der Waals surface area contributed by atoms with E-state index in [1.807, 2.05) is 30.5 Å². The number of amides is 2. The minimum Gasteiger partial charge on any atom is -0.453 e. The number of Topliss-reactive ketones (excluding diaryl/α,β-unsaturated/α-hetero) is 1. The van der Waals surface area contributed by atoms with Gasteiger partial charge in [0.1, 0.15) is 6.04 Å². The zero-order valence-electron chi connectivity index (χ0n) is 14.1. The number of esters is 1. The van der Waals surface area contributed by atoms with Crippen molar-refractivity contribution >= 4 is 40.4 Å². The van der Waals surface area contributed by atoms with Gasteiger partial charge in [0.15, 0.2) is 6.10 Å². The fraction of sp³-hybridized carbons (Fsp3) is 0.353. The molecule has 0 saturated heterocycles. The first-order valence-corrected chi connectivity index (χ1v) is 9.19. The maximum Gasteiger partial charge on any atom is 0.329 e. The van der Waals surface area contributed by atoms with Crippen LogP contribution in [0.25, 0.3) is 10.9 Å². The summed E-state index contributed by atoms with van der Waals surface area (Å²) in [5, 5.41) is 3.12. The highest BCUT2D eigenvalue weighted by Crippen LogP contribution is 2.20. The molecule has 1 heterocycles. The molecule has 1 aromatic heterocycles. The van der Waals surface area contributed by atoms with Crippen LogP contribution in [-0.2, 0) is 9.53 Å². The van der Waals surface area contributed by atoms with Crippen LogP contribution in [0.2, 0.25) is 0 Å². The van der Waals surface area contributed by atoms with Crippen LogP contribution in [0.15, 0.2) is 30.5 Å². The van der Waals surface area contributed by atoms with Crippen molar-refractivity contribution in [3.63, 3.8) is 0 Å². The van der Waals surface area contributed by atoms with Crippen LogP contribution in [-0.4, -0.2) is 46.9 Å². The minimum absolute atomic E-state index is 0.312. The fourth-order valence-electron chi connectivity index (χ4n) is 2.46. The van der Waals surface area contributed by atoms with Gasteiger partial charge in [-0.25, -0.2) is 9.59 Å². The summed E-state index contributed by atoms with van der Waals surface area (Å²) in [6.07, 6.45) is 2.88. The number of carbonyl (C=O) groups excluding carboxylic acids is 3. The molecule has 0 aliphatic heterocycles. The molecule has 134 valence electrons. The maximum absolute atomic E-state index is 12.6. The lowest BCUT2D eigenvalue weighted by Gasteiger charge is -2.19. The third kappa shape index (κ3) is 4.76. The van der Waals surface area contributed by atoms with Crippen LogP contribution in [0.1, 0.15) is 23.7 Å². The average Bonchev–Trinajstić information content (AvgIpc) is 3.01. The lowest BCUT2D eigenvalue weighted by molar-refractivity contribution is -0.148. The van der Waals surface area contributed by atoms with Crippen molar-refractivity contribution < 1.29 is 19.1 Å². The first-order chi connectivity index (χ1) is 11.9. The maximum atomic E-state index is 12.6. The molecule has 2 aromatic rings. The predicted molar refractivity (Wildman–Crippen MR) is 97.7 cm³/mol. The standard InChI is InChI=1S/C17H21N3O4S/c1-10(24-16(22)14(7-8-25-2)20-17(18)23)15(21)12-9-19-13-6-4-3-5-11(12)13/h3-6,9-10,14,19H,7-8H2,1-2H3,(H3,18,20,23)/t10-,14-/m1/s1. The number of ketones is 1. The molecule has 0 saturated carbocycles. The van der Waals surface area contributed by atoms with Gasteiger partial charge in [0.25, 0.3) is 0 Å². The molecule has 7 nitrogen and oxygen atoms in total. The van der Waals surface area contributed by atoms with Gasteiger partial charge in [-0.2, -0.15) is 11.8 Å². The Balaban J connectivity index is 2.08. The number of hydrogen-bond acceptors (Lipinski definition) is 5. The number of ether oxygens (including phenoxy) is 1. The largest absolute Gasteiger partial charge is 0.453 e. The highest BCUT2D eigenvalue weighted by molar-refractivity contribution is 7.98. The number of aromatic nitrogens is 1. The average molecular weight is 363 g/mol. The Morgan fingerprint density at radius 3 is 2.72 bits per heavy atom. The predicted octanol–water partition coefficient (Wildman–Crippen LogP) is 2.07. The zero-order valence-corrected chi connectivity index (χ0v) is 14.9. The number of rotatable bonds is 8. The van der Waals surface area contributed by atoms with Gasteiger partial charge >= 0.3 is 12.0 Å². The van der Waals surface area contributed by atoms with E-state index in [0.29, 0.717) is 17.7 Å². The molecule has 0 aliphatic carbocycles. The zero-order chi connectivity index (χ0) is 18.4. The molecule has 2 rings (SSSR count). The Hall–Kier alpha value is -2.48. The van der Waals surface area contributed by atoms with E-state index in [0.717, 1.165) is 10.9 Å². The summed E-state index contributed by atoms with van der Waals surface area (Å²) in [6, 6.07) is 5.70. The molecule has 25 heavy (non-hydrogen) atoms. The number of para-hydroxylation sites is 1. The van der Waals surface area contributed by atoms with Crippen LogP contribution in [0, 0.1) is 0 Å². The van der Waals surface area contributed by atoms with E-state index in [-0.39, 0.29) is 5.78 Å². The van der Waals surface area contributed by atoms with Gasteiger partial charge in [-0.1, -0.05) is 18.2 Å². The second kappa shape index (κ2) is 8.57. The van der Waals surface area contributed by atoms with E-state index in [1.165, 1.54) is 18.7 Å². The van der Waals surface area contributed by atoms with Crippen molar-refractivity contribution in [2.24, 2.45) is 5.73 Å². The van der Waals surface area contributed by atoms with Crippen molar-refractivity contribution in [1.82, 2.24) is 10.3 Å². The monoisotopic (exact) mass is 363 g/mol. The highest BCUT2D eigenvalue weighted by Gasteiger charge is 2.27. The molecular weight excluding hydrogens is 342 g/mol. The third-order valence-corrected chi connectivity index (χ3v) is 4.37. The van der Waals surface area contributed by atoms with E-state index < -0.39 is 24.1 Å². The minimum atomic E-state index is -0.974. The molecule has 0 fully saturated rings. The van der Waals surface area contributed by atoms with Gasteiger partial charge in [0.2, 0.25) is 5.78 Å². The van der Waals surface area contributed by atoms with Gasteiger partial charge in [-0.15, -0.1) is 0 Å². The van der Waals surface area contributed by atoms with Gasteiger partial charge in [-0.3, -0.25) is 4.79 Å². The summed E-state index contributed by atoms with van der Waals surface area (Å²) in [7, 11) is 0. The number of nitrogens with one attached hydrogen (secondary N) is 2. The van der Waals surface area contributed by atoms with Crippen molar-refractivity contribution in [2.75, 3.05) is 12.0 Å². The summed E-state index contributed by atoms with van der Waals surface area (Å²) in [6.45, 7) is 1.51. The van der Waals surface area contributed by atoms with Crippen LogP contribution < -0.4 is 11.1 Å². The fourth-order valence-corrected chi connectivity index (χ4v) is 2.93. The van der Waals surface area contributed by atoms with Gasteiger partial charge in [0, 0.05) is 22.7 Å². The molecule has 2 atom stereocenters. The van der Waals surface area contributed by atoms with Gasteiger partial charge in [-0.05, 0) is 31.4 Å². The van der Waals surface area contributed by atoms with E-state index >= 15 is 0 Å². The summed E-state index contributed by atoms with van der Waals surface area (Å²) < 4.78 is 5.26. The third-order valence-electron chi connectivity index (χ3n) is 3.73. The number of benzene rings is 1. The summed E-state index contributed by atoms with van der Waals surface area (Å²) in [5.41, 5.74) is 6.39. The normalized spacial score (nSPS) is 13.2. The van der Waals surface area contributed by atoms with Crippen LogP contribution in [0.4, 0.5) is 4.79 Å². The van der Waals surface area contributed by atoms with Crippen molar-refractivity contribution in [1.29, 1.82) is 0 Å². The van der Waals surface area contributed by atoms with E-state index in [4.69, 9.17) is 10.5 Å². The van der Waals surface area contributed by atoms with Crippen LogP contribution >= 0.6 is 11.8 Å². The smallest absolute Gasteiger partial charge is 0.329 e. The highest BCUT2D eigenvalue weighted by atomic mass is 32.2. The molecule has 0 radical (unpaired) electrons. The Kier molecular flexibility index (Phi) is 6.46. The van der Waals surface area contributed by atoms with E-state index in [1.54, 1.807) is 6.20 Å². The van der Waals surface area contributed by atoms with Gasteiger partial charge in [0.05, 0.1) is 0 Å². The van der Waals surface area contributed by atoms with Crippen LogP contribution in [0.3, 0.4) is 0 Å². The molecule has 0 spiro atoms. The van der Waals surface area contributed by atoms with Crippen LogP contribution in [0.5, 0.6) is 0 Å². The molecule has 0 bridgehead atoms. The quantitative estimate of drug-likeness (QED) is 0.491. The number of aromatic amines is 1. The number of nitrogens with two attached hydrogens (primary N) is 1. The molecule has 4 N–H and O–H groups in total. The molecule has 0 unspecified atom stereocenters. The molecule has 1 aromatic carbocycles. The Labute approximate surface area is 149 Å². The Morgan fingerprint density at radius 1 is 1.32 bits per heavy atom.